The van der Waals surface area contributed by atoms with Crippen LogP contribution < -0.4 is 10.6 Å². The highest BCUT2D eigenvalue weighted by Gasteiger charge is 2.37. The maximum Gasteiger partial charge on any atom is 0.234 e. The number of halogens is 1. The molecular weight excluding hydrogens is 442 g/mol. The third-order valence-electron chi connectivity index (χ3n) is 5.55. The van der Waals surface area contributed by atoms with Crippen molar-refractivity contribution in [1.82, 2.24) is 5.32 Å². The Kier molecular flexibility index (Phi) is 6.69. The van der Waals surface area contributed by atoms with Crippen molar-refractivity contribution in [3.63, 3.8) is 0 Å². The molecule has 0 radical (unpaired) electrons. The molecule has 2 N–H and O–H groups in total. The van der Waals surface area contributed by atoms with Gasteiger partial charge in [0.2, 0.25) is 5.91 Å². The first-order valence-electron chi connectivity index (χ1n) is 10.4. The molecule has 1 atom stereocenters. The van der Waals surface area contributed by atoms with Gasteiger partial charge in [-0.15, -0.1) is 0 Å². The van der Waals surface area contributed by atoms with Crippen molar-refractivity contribution in [1.29, 1.82) is 5.26 Å². The van der Waals surface area contributed by atoms with E-state index in [-0.39, 0.29) is 17.4 Å². The Balaban J connectivity index is 1.60. The number of benzene rings is 2. The Morgan fingerprint density at radius 1 is 1.19 bits per heavy atom. The van der Waals surface area contributed by atoms with Crippen molar-refractivity contribution in [2.24, 2.45) is 0 Å². The van der Waals surface area contributed by atoms with Crippen molar-refractivity contribution in [2.45, 2.75) is 32.1 Å². The highest BCUT2D eigenvalue weighted by atomic mass is 35.5. The van der Waals surface area contributed by atoms with E-state index in [9.17, 15) is 14.9 Å². The lowest BCUT2D eigenvalue weighted by atomic mass is 9.77. The molecule has 1 aliphatic heterocycles. The molecule has 2 aliphatic rings. The molecule has 0 saturated heterocycles. The van der Waals surface area contributed by atoms with E-state index in [4.69, 9.17) is 11.6 Å². The number of anilines is 1. The zero-order valence-electron chi connectivity index (χ0n) is 17.6. The highest BCUT2D eigenvalue weighted by molar-refractivity contribution is 8.03. The van der Waals surface area contributed by atoms with Gasteiger partial charge in [-0.05, 0) is 49.6 Å². The van der Waals surface area contributed by atoms with E-state index in [0.717, 1.165) is 35.4 Å². The molecule has 0 saturated carbocycles. The van der Waals surface area contributed by atoms with Gasteiger partial charge in [-0.25, -0.2) is 0 Å². The number of nitrogens with one attached hydrogen (secondary N) is 2. The number of carbonyl (C=O) groups is 2. The maximum absolute atomic E-state index is 12.8. The minimum Gasteiger partial charge on any atom is -0.352 e. The second-order valence-electron chi connectivity index (χ2n) is 7.84. The maximum atomic E-state index is 12.8. The minimum atomic E-state index is -0.455. The van der Waals surface area contributed by atoms with E-state index >= 15 is 0 Å². The molecule has 2 aromatic carbocycles. The van der Waals surface area contributed by atoms with Gasteiger partial charge < -0.3 is 10.6 Å². The number of carbonyl (C=O) groups excluding carboxylic acids is 2. The van der Waals surface area contributed by atoms with Gasteiger partial charge in [0, 0.05) is 28.4 Å². The zero-order chi connectivity index (χ0) is 22.7. The number of hydrogen-bond acceptors (Lipinski definition) is 5. The molecule has 0 unspecified atom stereocenters. The number of nitriles is 1. The van der Waals surface area contributed by atoms with Gasteiger partial charge in [-0.3, -0.25) is 9.59 Å². The van der Waals surface area contributed by atoms with Gasteiger partial charge in [0.25, 0.3) is 0 Å². The molecule has 32 heavy (non-hydrogen) atoms. The quantitative estimate of drug-likeness (QED) is 0.616. The second kappa shape index (κ2) is 9.64. The number of ketones is 1. The van der Waals surface area contributed by atoms with Crippen LogP contribution in [0.2, 0.25) is 5.02 Å². The summed E-state index contributed by atoms with van der Waals surface area (Å²) in [4.78, 5) is 25.3. The molecule has 1 aliphatic carbocycles. The standard InChI is InChI=1S/C25H22ClN3O2S/c1-15-5-11-18(12-6-15)28-22(31)14-32-25-19(13-27)23(16-7-9-17(26)10-8-16)24-20(29-25)3-2-4-21(24)30/h5-12,23,29H,2-4,14H2,1H3,(H,28,31)/t23-/m0/s1. The Morgan fingerprint density at radius 2 is 1.91 bits per heavy atom. The molecule has 7 heteroatoms. The molecule has 0 fully saturated rings. The first kappa shape index (κ1) is 22.2. The van der Waals surface area contributed by atoms with Gasteiger partial charge in [0.1, 0.15) is 0 Å². The summed E-state index contributed by atoms with van der Waals surface area (Å²) in [7, 11) is 0. The molecule has 0 bridgehead atoms. The summed E-state index contributed by atoms with van der Waals surface area (Å²) in [5.74, 6) is -0.407. The number of aryl methyl sites for hydroxylation is 1. The largest absolute Gasteiger partial charge is 0.352 e. The Bertz CT molecular complexity index is 1160. The molecule has 5 nitrogen and oxygen atoms in total. The second-order valence-corrected chi connectivity index (χ2v) is 9.26. The molecule has 2 aromatic rings. The fourth-order valence-corrected chi connectivity index (χ4v) is 4.99. The van der Waals surface area contributed by atoms with E-state index < -0.39 is 5.92 Å². The first-order chi connectivity index (χ1) is 15.5. The van der Waals surface area contributed by atoms with Crippen LogP contribution in [0, 0.1) is 18.3 Å². The van der Waals surface area contributed by atoms with Crippen molar-refractivity contribution >= 4 is 40.7 Å². The van der Waals surface area contributed by atoms with E-state index in [2.05, 4.69) is 16.7 Å². The monoisotopic (exact) mass is 463 g/mol. The third kappa shape index (κ3) is 4.74. The van der Waals surface area contributed by atoms with Gasteiger partial charge in [0.05, 0.1) is 28.3 Å². The summed E-state index contributed by atoms with van der Waals surface area (Å²) in [5.41, 5.74) is 4.65. The molecular formula is C25H22ClN3O2S. The highest BCUT2D eigenvalue weighted by Crippen LogP contribution is 2.44. The topological polar surface area (TPSA) is 82.0 Å². The zero-order valence-corrected chi connectivity index (χ0v) is 19.1. The number of allylic oxidation sites excluding steroid dienone is 3. The van der Waals surface area contributed by atoms with Crippen molar-refractivity contribution in [3.05, 3.63) is 86.6 Å². The van der Waals surface area contributed by atoms with Crippen molar-refractivity contribution in [3.8, 4) is 6.07 Å². The predicted octanol–water partition coefficient (Wildman–Crippen LogP) is 5.45. The number of hydrogen-bond donors (Lipinski definition) is 2. The fraction of sp³-hybridized carbons (Fsp3) is 0.240. The molecule has 1 heterocycles. The van der Waals surface area contributed by atoms with Crippen LogP contribution in [0.4, 0.5) is 5.69 Å². The number of nitrogens with zero attached hydrogens (tertiary/aromatic N) is 1. The van der Waals surface area contributed by atoms with Crippen molar-refractivity contribution in [2.75, 3.05) is 11.1 Å². The lowest BCUT2D eigenvalue weighted by molar-refractivity contribution is -0.116. The van der Waals surface area contributed by atoms with Gasteiger partial charge in [-0.2, -0.15) is 5.26 Å². The lowest BCUT2D eigenvalue weighted by Gasteiger charge is -2.33. The Labute approximate surface area is 196 Å². The van der Waals surface area contributed by atoms with Crippen LogP contribution in [-0.2, 0) is 9.59 Å². The minimum absolute atomic E-state index is 0.0626. The van der Waals surface area contributed by atoms with E-state index in [0.29, 0.717) is 27.6 Å². The Hall–Kier alpha value is -3.01. The number of dihydropyridines is 1. The van der Waals surface area contributed by atoms with Gasteiger partial charge >= 0.3 is 0 Å². The van der Waals surface area contributed by atoms with E-state index in [1.54, 1.807) is 12.1 Å². The molecule has 1 amide bonds. The smallest absolute Gasteiger partial charge is 0.234 e. The summed E-state index contributed by atoms with van der Waals surface area (Å²) >= 11 is 7.34. The van der Waals surface area contributed by atoms with Crippen LogP contribution in [0.5, 0.6) is 0 Å². The van der Waals surface area contributed by atoms with Crippen molar-refractivity contribution < 1.29 is 9.59 Å². The Morgan fingerprint density at radius 3 is 2.59 bits per heavy atom. The molecule has 162 valence electrons. The number of rotatable bonds is 5. The molecule has 4 rings (SSSR count). The SMILES string of the molecule is Cc1ccc(NC(=O)CSC2=C(C#N)[C@H](c3ccc(Cl)cc3)C3=C(CCCC3=O)N2)cc1. The average molecular weight is 464 g/mol. The number of Topliss-reactive ketones (excluding diaryl/α,β-unsaturated/α-hetero) is 1. The first-order valence-corrected chi connectivity index (χ1v) is 11.7. The van der Waals surface area contributed by atoms with Crippen LogP contribution in [0.25, 0.3) is 0 Å². The van der Waals surface area contributed by atoms with Crippen LogP contribution in [0.15, 0.2) is 70.4 Å². The average Bonchev–Trinajstić information content (AvgIpc) is 2.79. The van der Waals surface area contributed by atoms with Gasteiger partial charge in [0.15, 0.2) is 5.78 Å². The van der Waals surface area contributed by atoms with E-state index in [1.807, 2.05) is 43.3 Å². The summed E-state index contributed by atoms with van der Waals surface area (Å²) in [6.45, 7) is 1.99. The summed E-state index contributed by atoms with van der Waals surface area (Å²) < 4.78 is 0. The number of thioether (sulfide) groups is 1. The number of amides is 1. The van der Waals surface area contributed by atoms with Crippen LogP contribution in [-0.4, -0.2) is 17.4 Å². The van der Waals surface area contributed by atoms with Crippen LogP contribution in [0.3, 0.4) is 0 Å². The predicted molar refractivity (Wildman–Crippen MR) is 128 cm³/mol. The summed E-state index contributed by atoms with van der Waals surface area (Å²) in [6, 6.07) is 17.1. The lowest BCUT2D eigenvalue weighted by Crippen LogP contribution is -2.31. The molecule has 0 spiro atoms. The fourth-order valence-electron chi connectivity index (χ4n) is 4.00. The van der Waals surface area contributed by atoms with E-state index in [1.165, 1.54) is 11.8 Å². The van der Waals surface area contributed by atoms with Crippen LogP contribution in [0.1, 0.15) is 36.3 Å². The third-order valence-corrected chi connectivity index (χ3v) is 6.82. The summed E-state index contributed by atoms with van der Waals surface area (Å²) in [5, 5.41) is 17.4. The molecule has 0 aromatic heterocycles. The normalized spacial score (nSPS) is 18.0. The summed E-state index contributed by atoms with van der Waals surface area (Å²) in [6.07, 6.45) is 1.99. The van der Waals surface area contributed by atoms with Gasteiger partial charge in [-0.1, -0.05) is 53.2 Å². The van der Waals surface area contributed by atoms with Crippen LogP contribution >= 0.6 is 23.4 Å².